The van der Waals surface area contributed by atoms with E-state index in [1.807, 2.05) is 48.5 Å². The Bertz CT molecular complexity index is 1790. The lowest BCUT2D eigenvalue weighted by Crippen LogP contribution is -2.54. The molecule has 0 heterocycles. The number of nitrogens with two attached hydrogens (primary N) is 1. The van der Waals surface area contributed by atoms with Crippen molar-refractivity contribution < 1.29 is 43.3 Å². The number of anilines is 1. The third-order valence-corrected chi connectivity index (χ3v) is 9.16. The van der Waals surface area contributed by atoms with E-state index < -0.39 is 48.2 Å². The van der Waals surface area contributed by atoms with E-state index in [4.69, 9.17) is 20.3 Å². The summed E-state index contributed by atoms with van der Waals surface area (Å²) in [6.45, 7) is 3.95. The maximum atomic E-state index is 13.6. The Morgan fingerprint density at radius 3 is 1.98 bits per heavy atom. The van der Waals surface area contributed by atoms with Crippen molar-refractivity contribution in [1.82, 2.24) is 25.8 Å². The van der Waals surface area contributed by atoms with E-state index in [0.717, 1.165) is 27.2 Å². The maximum absolute atomic E-state index is 13.6. The highest BCUT2D eigenvalue weighted by atomic mass is 16.6. The number of carboxylic acid groups (broad SMARTS) is 1. The van der Waals surface area contributed by atoms with Gasteiger partial charge in [0.1, 0.15) is 25.3 Å². The summed E-state index contributed by atoms with van der Waals surface area (Å²) in [4.78, 5) is 77.0. The topological polar surface area (TPSA) is 222 Å². The third-order valence-electron chi connectivity index (χ3n) is 9.16. The number of amides is 7. The molecule has 0 radical (unpaired) electrons. The van der Waals surface area contributed by atoms with Gasteiger partial charge in [-0.2, -0.15) is 0 Å². The van der Waals surface area contributed by atoms with Crippen molar-refractivity contribution in [3.8, 4) is 11.1 Å². The SMILES string of the molecule is CC(C)C(NC(=O)OCC1c2ccccc2-c2ccccc21)C(=O)NC(CCCNC(N)=O)C(=O)Nc1ccc(COC(=O)N(C)CCN(C)C(=O)O)cc1. The number of nitrogens with zero attached hydrogens (tertiary/aromatic N) is 2. The van der Waals surface area contributed by atoms with Crippen LogP contribution in [0.25, 0.3) is 11.1 Å². The summed E-state index contributed by atoms with van der Waals surface area (Å²) in [5, 5.41) is 19.6. The summed E-state index contributed by atoms with van der Waals surface area (Å²) >= 11 is 0. The second-order valence-electron chi connectivity index (χ2n) is 13.6. The van der Waals surface area contributed by atoms with Crippen LogP contribution >= 0.6 is 0 Å². The van der Waals surface area contributed by atoms with Crippen molar-refractivity contribution in [2.75, 3.05) is 45.7 Å². The molecule has 0 fully saturated rings. The summed E-state index contributed by atoms with van der Waals surface area (Å²) in [5.41, 5.74) is 10.5. The van der Waals surface area contributed by atoms with Crippen LogP contribution in [0, 0.1) is 5.92 Å². The Hall–Kier alpha value is -6.32. The standard InChI is InChI=1S/C39H49N7O9/c1-24(2)33(44-37(50)54-23-31-29-12-7-5-10-27(29)28-11-6-8-13-30(28)31)35(48)43-32(14-9-19-41-36(40)49)34(47)42-26-17-15-25(16-18-26)22-55-39(53)46(4)21-20-45(3)38(51)52/h5-8,10-13,15-18,24,31-33H,9,14,19-23H2,1-4H3,(H,42,47)(H,43,48)(H,44,50)(H,51,52)(H3,40,41,49). The monoisotopic (exact) mass is 759 g/mol. The van der Waals surface area contributed by atoms with Crippen LogP contribution in [0.3, 0.4) is 0 Å². The average Bonchev–Trinajstić information content (AvgIpc) is 3.48. The Balaban J connectivity index is 1.34. The minimum absolute atomic E-state index is 0.0644. The number of benzene rings is 3. The second kappa shape index (κ2) is 19.7. The molecule has 0 bridgehead atoms. The summed E-state index contributed by atoms with van der Waals surface area (Å²) in [6, 6.07) is 19.6. The lowest BCUT2D eigenvalue weighted by molar-refractivity contribution is -0.128. The molecule has 0 saturated heterocycles. The predicted molar refractivity (Wildman–Crippen MR) is 204 cm³/mol. The van der Waals surface area contributed by atoms with Gasteiger partial charge in [-0.05, 0) is 58.7 Å². The first-order valence-corrected chi connectivity index (χ1v) is 17.9. The molecule has 0 aliphatic heterocycles. The summed E-state index contributed by atoms with van der Waals surface area (Å²) in [5.74, 6) is -1.67. The molecule has 4 rings (SSSR count). The zero-order chi connectivity index (χ0) is 40.1. The molecule has 7 N–H and O–H groups in total. The van der Waals surface area contributed by atoms with Crippen LogP contribution in [0.15, 0.2) is 72.8 Å². The van der Waals surface area contributed by atoms with Gasteiger partial charge in [0.05, 0.1) is 0 Å². The first-order valence-electron chi connectivity index (χ1n) is 17.9. The molecule has 0 aromatic heterocycles. The summed E-state index contributed by atoms with van der Waals surface area (Å²) in [7, 11) is 2.89. The zero-order valence-electron chi connectivity index (χ0n) is 31.4. The first-order chi connectivity index (χ1) is 26.2. The second-order valence-corrected chi connectivity index (χ2v) is 13.6. The van der Waals surface area contributed by atoms with Crippen molar-refractivity contribution in [2.45, 2.75) is 51.3 Å². The van der Waals surface area contributed by atoms with E-state index in [0.29, 0.717) is 17.7 Å². The number of carbonyl (C=O) groups is 6. The quantitative estimate of drug-likeness (QED) is 0.108. The van der Waals surface area contributed by atoms with Crippen molar-refractivity contribution in [3.63, 3.8) is 0 Å². The Morgan fingerprint density at radius 2 is 1.40 bits per heavy atom. The number of rotatable bonds is 17. The van der Waals surface area contributed by atoms with E-state index in [1.165, 1.54) is 19.0 Å². The van der Waals surface area contributed by atoms with Gasteiger partial charge in [0.2, 0.25) is 11.8 Å². The van der Waals surface area contributed by atoms with E-state index in [2.05, 4.69) is 21.3 Å². The van der Waals surface area contributed by atoms with Gasteiger partial charge in [0.15, 0.2) is 0 Å². The molecule has 294 valence electrons. The van der Waals surface area contributed by atoms with Gasteiger partial charge in [0, 0.05) is 45.3 Å². The molecular formula is C39H49N7O9. The minimum atomic E-state index is -1.11. The van der Waals surface area contributed by atoms with E-state index in [-0.39, 0.29) is 51.1 Å². The third kappa shape index (κ3) is 11.8. The molecule has 7 amide bonds. The van der Waals surface area contributed by atoms with Gasteiger partial charge in [-0.15, -0.1) is 0 Å². The van der Waals surface area contributed by atoms with Crippen LogP contribution in [0.1, 0.15) is 49.3 Å². The smallest absolute Gasteiger partial charge is 0.409 e. The minimum Gasteiger partial charge on any atom is -0.465 e. The van der Waals surface area contributed by atoms with Crippen LogP contribution in [0.5, 0.6) is 0 Å². The predicted octanol–water partition coefficient (Wildman–Crippen LogP) is 4.30. The maximum Gasteiger partial charge on any atom is 0.409 e. The highest BCUT2D eigenvalue weighted by Gasteiger charge is 2.32. The number of fused-ring (bicyclic) bond motifs is 3. The molecule has 1 aliphatic carbocycles. The number of primary amides is 1. The summed E-state index contributed by atoms with van der Waals surface area (Å²) in [6.07, 6.45) is -2.07. The van der Waals surface area contributed by atoms with Crippen molar-refractivity contribution in [3.05, 3.63) is 89.5 Å². The van der Waals surface area contributed by atoms with Crippen LogP contribution < -0.4 is 27.0 Å². The van der Waals surface area contributed by atoms with E-state index in [1.54, 1.807) is 38.1 Å². The van der Waals surface area contributed by atoms with Gasteiger partial charge >= 0.3 is 24.3 Å². The van der Waals surface area contributed by atoms with Gasteiger partial charge in [-0.25, -0.2) is 19.2 Å². The number of likely N-dealkylation sites (N-methyl/N-ethyl adjacent to an activating group) is 2. The molecule has 1 aliphatic rings. The van der Waals surface area contributed by atoms with Crippen molar-refractivity contribution in [1.29, 1.82) is 0 Å². The van der Waals surface area contributed by atoms with Crippen LogP contribution in [-0.4, -0.2) is 103 Å². The number of alkyl carbamates (subject to hydrolysis) is 1. The van der Waals surface area contributed by atoms with Gasteiger partial charge in [0.25, 0.3) is 0 Å². The molecule has 0 saturated carbocycles. The van der Waals surface area contributed by atoms with Crippen LogP contribution in [0.4, 0.5) is 24.9 Å². The fourth-order valence-electron chi connectivity index (χ4n) is 6.01. The number of nitrogens with one attached hydrogen (secondary N) is 4. The average molecular weight is 760 g/mol. The number of ether oxygens (including phenoxy) is 2. The summed E-state index contributed by atoms with van der Waals surface area (Å²) < 4.78 is 11.0. The fourth-order valence-corrected chi connectivity index (χ4v) is 6.01. The molecule has 16 heteroatoms. The zero-order valence-corrected chi connectivity index (χ0v) is 31.4. The first kappa shape index (κ1) is 41.4. The van der Waals surface area contributed by atoms with Gasteiger partial charge < -0.3 is 51.4 Å². The van der Waals surface area contributed by atoms with Crippen molar-refractivity contribution in [2.24, 2.45) is 11.7 Å². The highest BCUT2D eigenvalue weighted by molar-refractivity contribution is 5.98. The van der Waals surface area contributed by atoms with Crippen LogP contribution in [0.2, 0.25) is 0 Å². The number of carbonyl (C=O) groups excluding carboxylic acids is 5. The van der Waals surface area contributed by atoms with E-state index in [9.17, 15) is 28.8 Å². The molecular weight excluding hydrogens is 710 g/mol. The largest absolute Gasteiger partial charge is 0.465 e. The molecule has 2 unspecified atom stereocenters. The fraction of sp³-hybridized carbons (Fsp3) is 0.385. The van der Waals surface area contributed by atoms with Gasteiger partial charge in [-0.3, -0.25) is 9.59 Å². The highest BCUT2D eigenvalue weighted by Crippen LogP contribution is 2.44. The lowest BCUT2D eigenvalue weighted by atomic mass is 9.98. The Morgan fingerprint density at radius 1 is 0.800 bits per heavy atom. The molecule has 2 atom stereocenters. The Labute approximate surface area is 319 Å². The molecule has 55 heavy (non-hydrogen) atoms. The molecule has 0 spiro atoms. The number of urea groups is 1. The number of hydrogen-bond donors (Lipinski definition) is 6. The van der Waals surface area contributed by atoms with Crippen molar-refractivity contribution >= 4 is 41.8 Å². The van der Waals surface area contributed by atoms with E-state index >= 15 is 0 Å². The molecule has 3 aromatic carbocycles. The normalized spacial score (nSPS) is 12.7. The molecule has 3 aromatic rings. The lowest BCUT2D eigenvalue weighted by Gasteiger charge is -2.25. The molecule has 16 nitrogen and oxygen atoms in total. The van der Waals surface area contributed by atoms with Gasteiger partial charge in [-0.1, -0.05) is 74.5 Å². The van der Waals surface area contributed by atoms with Crippen LogP contribution in [-0.2, 0) is 25.7 Å². The Kier molecular flexibility index (Phi) is 14.8. The number of hydrogen-bond acceptors (Lipinski definition) is 8.